The van der Waals surface area contributed by atoms with Gasteiger partial charge in [-0.2, -0.15) is 0 Å². The number of nitrogens with two attached hydrogens (primary N) is 1. The summed E-state index contributed by atoms with van der Waals surface area (Å²) < 4.78 is 11.5. The van der Waals surface area contributed by atoms with Gasteiger partial charge in [0.2, 0.25) is 0 Å². The molecule has 2 N–H and O–H groups in total. The summed E-state index contributed by atoms with van der Waals surface area (Å²) in [6.45, 7) is 7.63. The minimum atomic E-state index is 0.344. The standard InChI is InChI=1S/C16H26N2O2/c1-3-10-20-14-6-5-9-18(12-14)13-7-8-15(17)16(11-13)19-4-2/h7-8,11,14H,3-6,9-10,12,17H2,1-2H3. The summed E-state index contributed by atoms with van der Waals surface area (Å²) >= 11 is 0. The Hall–Kier alpha value is -1.42. The molecule has 0 radical (unpaired) electrons. The summed E-state index contributed by atoms with van der Waals surface area (Å²) in [4.78, 5) is 2.37. The van der Waals surface area contributed by atoms with Crippen LogP contribution in [-0.2, 0) is 4.74 Å². The summed E-state index contributed by atoms with van der Waals surface area (Å²) in [5, 5.41) is 0. The van der Waals surface area contributed by atoms with Gasteiger partial charge in [0.05, 0.1) is 18.4 Å². The molecule has 4 heteroatoms. The zero-order chi connectivity index (χ0) is 14.4. The van der Waals surface area contributed by atoms with E-state index in [-0.39, 0.29) is 0 Å². The second-order valence-corrected chi connectivity index (χ2v) is 5.24. The molecule has 0 bridgehead atoms. The number of piperidine rings is 1. The van der Waals surface area contributed by atoms with Crippen molar-refractivity contribution >= 4 is 11.4 Å². The van der Waals surface area contributed by atoms with Crippen LogP contribution in [0.25, 0.3) is 0 Å². The van der Waals surface area contributed by atoms with Gasteiger partial charge in [-0.15, -0.1) is 0 Å². The van der Waals surface area contributed by atoms with Crippen LogP contribution >= 0.6 is 0 Å². The molecule has 1 fully saturated rings. The van der Waals surface area contributed by atoms with Crippen LogP contribution in [0.4, 0.5) is 11.4 Å². The summed E-state index contributed by atoms with van der Waals surface area (Å²) in [5.41, 5.74) is 7.80. The van der Waals surface area contributed by atoms with Crippen molar-refractivity contribution in [1.82, 2.24) is 0 Å². The fourth-order valence-corrected chi connectivity index (χ4v) is 2.59. The van der Waals surface area contributed by atoms with E-state index in [4.69, 9.17) is 15.2 Å². The molecule has 1 aromatic rings. The molecule has 112 valence electrons. The second kappa shape index (κ2) is 7.39. The number of anilines is 2. The molecule has 1 unspecified atom stereocenters. The highest BCUT2D eigenvalue weighted by molar-refractivity contribution is 5.62. The lowest BCUT2D eigenvalue weighted by Gasteiger charge is -2.34. The number of benzene rings is 1. The van der Waals surface area contributed by atoms with Crippen molar-refractivity contribution < 1.29 is 9.47 Å². The van der Waals surface area contributed by atoms with Gasteiger partial charge < -0.3 is 20.1 Å². The Bertz CT molecular complexity index is 423. The molecule has 1 aliphatic heterocycles. The van der Waals surface area contributed by atoms with Gasteiger partial charge in [-0.3, -0.25) is 0 Å². The van der Waals surface area contributed by atoms with E-state index >= 15 is 0 Å². The first-order valence-electron chi connectivity index (χ1n) is 7.63. The Morgan fingerprint density at radius 2 is 2.20 bits per heavy atom. The van der Waals surface area contributed by atoms with Crippen molar-refractivity contribution in [3.8, 4) is 5.75 Å². The average molecular weight is 278 g/mol. The van der Waals surface area contributed by atoms with Crippen molar-refractivity contribution in [2.75, 3.05) is 36.9 Å². The predicted molar refractivity (Wildman–Crippen MR) is 83.5 cm³/mol. The summed E-state index contributed by atoms with van der Waals surface area (Å²) in [6.07, 6.45) is 3.75. The maximum absolute atomic E-state index is 5.93. The maximum Gasteiger partial charge on any atom is 0.144 e. The lowest BCUT2D eigenvalue weighted by atomic mass is 10.1. The molecule has 1 atom stereocenters. The molecule has 2 rings (SSSR count). The van der Waals surface area contributed by atoms with Gasteiger partial charge in [0.1, 0.15) is 5.75 Å². The molecule has 0 spiro atoms. The number of nitrogens with zero attached hydrogens (tertiary/aromatic N) is 1. The van der Waals surface area contributed by atoms with Crippen molar-refractivity contribution in [2.24, 2.45) is 0 Å². The van der Waals surface area contributed by atoms with E-state index in [1.54, 1.807) is 0 Å². The molecule has 0 saturated carbocycles. The Balaban J connectivity index is 2.04. The highest BCUT2D eigenvalue weighted by Gasteiger charge is 2.21. The van der Waals surface area contributed by atoms with Gasteiger partial charge in [-0.1, -0.05) is 6.92 Å². The topological polar surface area (TPSA) is 47.7 Å². The Morgan fingerprint density at radius 1 is 1.35 bits per heavy atom. The zero-order valence-corrected chi connectivity index (χ0v) is 12.6. The van der Waals surface area contributed by atoms with E-state index in [0.29, 0.717) is 18.4 Å². The van der Waals surface area contributed by atoms with Gasteiger partial charge in [0, 0.05) is 31.5 Å². The first-order valence-corrected chi connectivity index (χ1v) is 7.63. The van der Waals surface area contributed by atoms with E-state index in [1.165, 1.54) is 12.1 Å². The SMILES string of the molecule is CCCOC1CCCN(c2ccc(N)c(OCC)c2)C1. The summed E-state index contributed by atoms with van der Waals surface area (Å²) in [7, 11) is 0. The van der Waals surface area contributed by atoms with Crippen molar-refractivity contribution in [1.29, 1.82) is 0 Å². The lowest BCUT2D eigenvalue weighted by Crippen LogP contribution is -2.39. The molecule has 1 heterocycles. The molecule has 0 aromatic heterocycles. The minimum absolute atomic E-state index is 0.344. The van der Waals surface area contributed by atoms with E-state index in [1.807, 2.05) is 19.1 Å². The van der Waals surface area contributed by atoms with E-state index in [9.17, 15) is 0 Å². The minimum Gasteiger partial charge on any atom is -0.492 e. The van der Waals surface area contributed by atoms with Gasteiger partial charge in [0.25, 0.3) is 0 Å². The van der Waals surface area contributed by atoms with Crippen LogP contribution in [0.15, 0.2) is 18.2 Å². The van der Waals surface area contributed by atoms with Crippen LogP contribution in [-0.4, -0.2) is 32.4 Å². The summed E-state index contributed by atoms with van der Waals surface area (Å²) in [5.74, 6) is 0.779. The van der Waals surface area contributed by atoms with Crippen molar-refractivity contribution in [3.63, 3.8) is 0 Å². The highest BCUT2D eigenvalue weighted by Crippen LogP contribution is 2.29. The van der Waals surface area contributed by atoms with E-state index in [2.05, 4.69) is 17.9 Å². The number of rotatable bonds is 6. The molecular formula is C16H26N2O2. The lowest BCUT2D eigenvalue weighted by molar-refractivity contribution is 0.0440. The van der Waals surface area contributed by atoms with Crippen LogP contribution in [0.5, 0.6) is 5.75 Å². The van der Waals surface area contributed by atoms with Gasteiger partial charge in [0.15, 0.2) is 0 Å². The fraction of sp³-hybridized carbons (Fsp3) is 0.625. The third-order valence-electron chi connectivity index (χ3n) is 3.60. The van der Waals surface area contributed by atoms with Crippen LogP contribution < -0.4 is 15.4 Å². The van der Waals surface area contributed by atoms with Crippen molar-refractivity contribution in [3.05, 3.63) is 18.2 Å². The number of nitrogen functional groups attached to an aromatic ring is 1. The van der Waals surface area contributed by atoms with E-state index in [0.717, 1.165) is 38.3 Å². The van der Waals surface area contributed by atoms with Crippen LogP contribution in [0.1, 0.15) is 33.1 Å². The fourth-order valence-electron chi connectivity index (χ4n) is 2.59. The Morgan fingerprint density at radius 3 is 2.95 bits per heavy atom. The van der Waals surface area contributed by atoms with Crippen LogP contribution in [0.2, 0.25) is 0 Å². The third-order valence-corrected chi connectivity index (χ3v) is 3.60. The van der Waals surface area contributed by atoms with Crippen LogP contribution in [0.3, 0.4) is 0 Å². The van der Waals surface area contributed by atoms with E-state index < -0.39 is 0 Å². The highest BCUT2D eigenvalue weighted by atomic mass is 16.5. The Labute approximate surface area is 121 Å². The van der Waals surface area contributed by atoms with Gasteiger partial charge in [-0.05, 0) is 38.3 Å². The first kappa shape index (κ1) is 15.0. The molecule has 1 aromatic carbocycles. The molecule has 1 saturated heterocycles. The average Bonchev–Trinajstić information content (AvgIpc) is 2.48. The normalized spacial score (nSPS) is 19.1. The molecular weight excluding hydrogens is 252 g/mol. The quantitative estimate of drug-likeness (QED) is 0.812. The predicted octanol–water partition coefficient (Wildman–Crippen LogP) is 3.06. The maximum atomic E-state index is 5.93. The monoisotopic (exact) mass is 278 g/mol. The molecule has 0 amide bonds. The van der Waals surface area contributed by atoms with Crippen LogP contribution in [0, 0.1) is 0 Å². The largest absolute Gasteiger partial charge is 0.492 e. The Kier molecular flexibility index (Phi) is 5.53. The third kappa shape index (κ3) is 3.79. The van der Waals surface area contributed by atoms with Gasteiger partial charge in [-0.25, -0.2) is 0 Å². The van der Waals surface area contributed by atoms with Crippen molar-refractivity contribution in [2.45, 2.75) is 39.2 Å². The smallest absolute Gasteiger partial charge is 0.144 e. The zero-order valence-electron chi connectivity index (χ0n) is 12.6. The number of hydrogen-bond donors (Lipinski definition) is 1. The molecule has 20 heavy (non-hydrogen) atoms. The molecule has 4 nitrogen and oxygen atoms in total. The molecule has 1 aliphatic rings. The second-order valence-electron chi connectivity index (χ2n) is 5.24. The number of ether oxygens (including phenoxy) is 2. The first-order chi connectivity index (χ1) is 9.74. The number of hydrogen-bond acceptors (Lipinski definition) is 4. The van der Waals surface area contributed by atoms with Gasteiger partial charge >= 0.3 is 0 Å². The molecule has 0 aliphatic carbocycles. The summed E-state index contributed by atoms with van der Waals surface area (Å²) in [6, 6.07) is 6.04.